The molecule has 0 spiro atoms. The Morgan fingerprint density at radius 1 is 1.55 bits per heavy atom. The molecule has 2 rings (SSSR count). The monoisotopic (exact) mass is 298 g/mol. The number of morpholine rings is 1. The zero-order valence-corrected chi connectivity index (χ0v) is 11.8. The van der Waals surface area contributed by atoms with Gasteiger partial charge in [-0.1, -0.05) is 6.07 Å². The normalized spacial score (nSPS) is 20.7. The van der Waals surface area contributed by atoms with Crippen molar-refractivity contribution in [3.63, 3.8) is 0 Å². The van der Waals surface area contributed by atoms with Crippen LogP contribution >= 0.6 is 0 Å². The number of pyridine rings is 1. The number of nitrogens with zero attached hydrogens (tertiary/aromatic N) is 2. The molecule has 1 atom stereocenters. The van der Waals surface area contributed by atoms with E-state index in [0.717, 1.165) is 5.69 Å². The van der Waals surface area contributed by atoms with E-state index in [-0.39, 0.29) is 24.7 Å². The van der Waals surface area contributed by atoms with Crippen LogP contribution < -0.4 is 5.73 Å². The van der Waals surface area contributed by atoms with Crippen LogP contribution in [0.5, 0.6) is 0 Å². The summed E-state index contributed by atoms with van der Waals surface area (Å²) in [6.45, 7) is 0.668. The molecular weight excluding hydrogens is 280 g/mol. The zero-order valence-electron chi connectivity index (χ0n) is 11.0. The largest absolute Gasteiger partial charge is 0.385 e. The molecule has 0 radical (unpaired) electrons. The van der Waals surface area contributed by atoms with Gasteiger partial charge in [-0.3, -0.25) is 10.4 Å². The van der Waals surface area contributed by atoms with Crippen molar-refractivity contribution in [1.82, 2.24) is 9.29 Å². The summed E-state index contributed by atoms with van der Waals surface area (Å²) in [4.78, 5) is 4.11. The second-order valence-electron chi connectivity index (χ2n) is 4.56. The van der Waals surface area contributed by atoms with Gasteiger partial charge < -0.3 is 10.5 Å². The Labute approximate surface area is 118 Å². The van der Waals surface area contributed by atoms with Crippen LogP contribution in [0.15, 0.2) is 24.4 Å². The molecule has 0 aliphatic carbocycles. The van der Waals surface area contributed by atoms with E-state index < -0.39 is 16.1 Å². The number of hydrogen-bond donors (Lipinski definition) is 2. The molecule has 1 aliphatic rings. The minimum Gasteiger partial charge on any atom is -0.385 e. The summed E-state index contributed by atoms with van der Waals surface area (Å²) in [5.41, 5.74) is 6.11. The third kappa shape index (κ3) is 3.75. The lowest BCUT2D eigenvalue weighted by Gasteiger charge is -2.31. The predicted octanol–water partition coefficient (Wildman–Crippen LogP) is -0.409. The summed E-state index contributed by atoms with van der Waals surface area (Å²) < 4.78 is 31.1. The molecule has 0 aromatic carbocycles. The first-order chi connectivity index (χ1) is 9.49. The molecule has 20 heavy (non-hydrogen) atoms. The van der Waals surface area contributed by atoms with Gasteiger partial charge in [0, 0.05) is 31.4 Å². The fourth-order valence-electron chi connectivity index (χ4n) is 1.98. The van der Waals surface area contributed by atoms with Crippen LogP contribution in [0.2, 0.25) is 0 Å². The summed E-state index contributed by atoms with van der Waals surface area (Å²) in [6.07, 6.45) is 1.36. The van der Waals surface area contributed by atoms with Crippen molar-refractivity contribution in [3.8, 4) is 0 Å². The van der Waals surface area contributed by atoms with Crippen molar-refractivity contribution in [2.24, 2.45) is 5.73 Å². The molecule has 1 aliphatic heterocycles. The molecule has 1 saturated heterocycles. The Hall–Kier alpha value is -1.51. The molecular formula is C12H18N4O3S. The molecule has 0 amide bonds. The Kier molecular flexibility index (Phi) is 4.69. The number of nitrogens with one attached hydrogen (secondary N) is 1. The van der Waals surface area contributed by atoms with Crippen molar-refractivity contribution in [3.05, 3.63) is 30.1 Å². The van der Waals surface area contributed by atoms with Crippen LogP contribution in [-0.4, -0.2) is 55.1 Å². The summed E-state index contributed by atoms with van der Waals surface area (Å²) in [5, 5.41) is 7.34. The first-order valence-corrected chi connectivity index (χ1v) is 7.93. The van der Waals surface area contributed by atoms with E-state index in [2.05, 4.69) is 4.98 Å². The van der Waals surface area contributed by atoms with Gasteiger partial charge in [-0.05, 0) is 12.1 Å². The lowest BCUT2D eigenvalue weighted by Crippen LogP contribution is -2.50. The summed E-state index contributed by atoms with van der Waals surface area (Å²) in [7, 11) is -3.39. The first kappa shape index (κ1) is 14.9. The van der Waals surface area contributed by atoms with E-state index in [1.165, 1.54) is 4.31 Å². The minimum atomic E-state index is -3.39. The van der Waals surface area contributed by atoms with Gasteiger partial charge in [0.2, 0.25) is 10.0 Å². The Morgan fingerprint density at radius 2 is 2.35 bits per heavy atom. The highest BCUT2D eigenvalue weighted by Crippen LogP contribution is 2.11. The van der Waals surface area contributed by atoms with Crippen molar-refractivity contribution in [2.45, 2.75) is 12.5 Å². The lowest BCUT2D eigenvalue weighted by molar-refractivity contribution is 0.0368. The maximum atomic E-state index is 12.3. The first-order valence-electron chi connectivity index (χ1n) is 6.32. The molecule has 2 heterocycles. The fraction of sp³-hybridized carbons (Fsp3) is 0.500. The Balaban J connectivity index is 1.97. The van der Waals surface area contributed by atoms with Gasteiger partial charge in [0.1, 0.15) is 11.9 Å². The van der Waals surface area contributed by atoms with E-state index in [1.807, 2.05) is 6.07 Å². The van der Waals surface area contributed by atoms with Crippen LogP contribution in [0.25, 0.3) is 0 Å². The van der Waals surface area contributed by atoms with Crippen LogP contribution in [0.4, 0.5) is 0 Å². The number of nitrogens with two attached hydrogens (primary N) is 1. The highest BCUT2D eigenvalue weighted by atomic mass is 32.2. The molecule has 1 fully saturated rings. The van der Waals surface area contributed by atoms with Crippen LogP contribution in [0, 0.1) is 5.41 Å². The van der Waals surface area contributed by atoms with Gasteiger partial charge in [0.05, 0.1) is 12.4 Å². The van der Waals surface area contributed by atoms with E-state index in [4.69, 9.17) is 15.9 Å². The molecule has 3 N–H and O–H groups in total. The standard InChI is InChI=1S/C12H18N4O3S/c13-12(14)11-9-16(6-7-19-11)20(17,18)8-4-10-3-1-2-5-15-10/h1-3,5,11H,4,6-9H2,(H3,13,14). The number of amidine groups is 1. The smallest absolute Gasteiger partial charge is 0.214 e. The maximum Gasteiger partial charge on any atom is 0.214 e. The third-order valence-corrected chi connectivity index (χ3v) is 4.95. The summed E-state index contributed by atoms with van der Waals surface area (Å²) in [5.74, 6) is -0.149. The SMILES string of the molecule is N=C(N)C1CN(S(=O)(=O)CCc2ccccn2)CCO1. The number of sulfonamides is 1. The van der Waals surface area contributed by atoms with Crippen LogP contribution in [0.3, 0.4) is 0 Å². The van der Waals surface area contributed by atoms with Crippen molar-refractivity contribution in [1.29, 1.82) is 5.41 Å². The quantitative estimate of drug-likeness (QED) is 0.567. The second-order valence-corrected chi connectivity index (χ2v) is 6.65. The van der Waals surface area contributed by atoms with Crippen molar-refractivity contribution < 1.29 is 13.2 Å². The number of rotatable bonds is 5. The molecule has 0 bridgehead atoms. The average Bonchev–Trinajstić information content (AvgIpc) is 2.46. The van der Waals surface area contributed by atoms with Gasteiger partial charge in [0.15, 0.2) is 0 Å². The Morgan fingerprint density at radius 3 is 3.00 bits per heavy atom. The number of aryl methyl sites for hydroxylation is 1. The minimum absolute atomic E-state index is 0.00532. The number of ether oxygens (including phenoxy) is 1. The van der Waals surface area contributed by atoms with Gasteiger partial charge in [0.25, 0.3) is 0 Å². The fourth-order valence-corrected chi connectivity index (χ4v) is 3.42. The van der Waals surface area contributed by atoms with Crippen LogP contribution in [0.1, 0.15) is 5.69 Å². The molecule has 7 nitrogen and oxygen atoms in total. The summed E-state index contributed by atoms with van der Waals surface area (Å²) in [6, 6.07) is 5.42. The van der Waals surface area contributed by atoms with Gasteiger partial charge >= 0.3 is 0 Å². The third-order valence-electron chi connectivity index (χ3n) is 3.11. The van der Waals surface area contributed by atoms with Gasteiger partial charge in [-0.2, -0.15) is 4.31 Å². The second kappa shape index (κ2) is 6.29. The molecule has 1 aromatic heterocycles. The number of hydrogen-bond acceptors (Lipinski definition) is 5. The van der Waals surface area contributed by atoms with Gasteiger partial charge in [-0.25, -0.2) is 8.42 Å². The molecule has 110 valence electrons. The highest BCUT2D eigenvalue weighted by molar-refractivity contribution is 7.89. The Bertz CT molecular complexity index is 561. The molecule has 0 saturated carbocycles. The number of aromatic nitrogens is 1. The molecule has 1 unspecified atom stereocenters. The lowest BCUT2D eigenvalue weighted by atomic mass is 10.3. The van der Waals surface area contributed by atoms with Crippen molar-refractivity contribution in [2.75, 3.05) is 25.4 Å². The van der Waals surface area contributed by atoms with E-state index in [1.54, 1.807) is 18.3 Å². The highest BCUT2D eigenvalue weighted by Gasteiger charge is 2.30. The predicted molar refractivity (Wildman–Crippen MR) is 75.0 cm³/mol. The van der Waals surface area contributed by atoms with Crippen molar-refractivity contribution >= 4 is 15.9 Å². The van der Waals surface area contributed by atoms with Gasteiger partial charge in [-0.15, -0.1) is 0 Å². The topological polar surface area (TPSA) is 109 Å². The van der Waals surface area contributed by atoms with Crippen LogP contribution in [-0.2, 0) is 21.2 Å². The average molecular weight is 298 g/mol. The van der Waals surface area contributed by atoms with E-state index in [0.29, 0.717) is 13.0 Å². The van der Waals surface area contributed by atoms with E-state index in [9.17, 15) is 8.42 Å². The maximum absolute atomic E-state index is 12.3. The molecule has 8 heteroatoms. The zero-order chi connectivity index (χ0) is 14.6. The summed E-state index contributed by atoms with van der Waals surface area (Å²) >= 11 is 0. The molecule has 1 aromatic rings. The van der Waals surface area contributed by atoms with E-state index >= 15 is 0 Å².